The Labute approximate surface area is 177 Å². The minimum atomic E-state index is 0. The lowest BCUT2D eigenvalue weighted by molar-refractivity contribution is 0.0733. The highest BCUT2D eigenvalue weighted by molar-refractivity contribution is 7.09. The van der Waals surface area contributed by atoms with E-state index >= 15 is 0 Å². The smallest absolute Gasteiger partial charge is 0.273 e. The first-order valence-electron chi connectivity index (χ1n) is 8.89. The van der Waals surface area contributed by atoms with Gasteiger partial charge in [-0.05, 0) is 31.4 Å². The fraction of sp³-hybridized carbons (Fsp3) is 0.474. The minimum absolute atomic E-state index is 0. The van der Waals surface area contributed by atoms with Crippen LogP contribution in [0.15, 0.2) is 35.7 Å². The van der Waals surface area contributed by atoms with E-state index in [2.05, 4.69) is 40.2 Å². The molecule has 1 unspecified atom stereocenters. The largest absolute Gasteiger partial charge is 0.337 e. The average Bonchev–Trinajstić information content (AvgIpc) is 3.29. The van der Waals surface area contributed by atoms with Gasteiger partial charge >= 0.3 is 0 Å². The molecular weight excluding hydrogens is 403 g/mol. The quantitative estimate of drug-likeness (QED) is 0.730. The lowest BCUT2D eigenvalue weighted by Gasteiger charge is -2.24. The Morgan fingerprint density at radius 3 is 2.70 bits per heavy atom. The van der Waals surface area contributed by atoms with Gasteiger partial charge in [0.2, 0.25) is 0 Å². The predicted molar refractivity (Wildman–Crippen MR) is 116 cm³/mol. The molecule has 1 aliphatic rings. The number of benzene rings is 1. The van der Waals surface area contributed by atoms with Crippen LogP contribution in [0, 0.1) is 5.92 Å². The Morgan fingerprint density at radius 2 is 2.07 bits per heavy atom. The standard InChI is InChI=1S/C19H26N4OS.2ClH/c1-2-23(19(24)17-14-25-18(10-20)21-17)13-16-8-9-22(12-16)11-15-6-4-3-5-7-15;;/h3-7,14,16H,2,8-13,20H2,1H3;2*1H. The first-order chi connectivity index (χ1) is 12.2. The Balaban J connectivity index is 0.00000182. The number of carbonyl (C=O) groups excluding carboxylic acids is 1. The van der Waals surface area contributed by atoms with E-state index in [1.807, 2.05) is 17.2 Å². The molecule has 1 aromatic carbocycles. The zero-order valence-corrected chi connectivity index (χ0v) is 18.0. The van der Waals surface area contributed by atoms with E-state index in [4.69, 9.17) is 5.73 Å². The average molecular weight is 431 g/mol. The Morgan fingerprint density at radius 1 is 1.33 bits per heavy atom. The summed E-state index contributed by atoms with van der Waals surface area (Å²) in [5, 5.41) is 2.64. The van der Waals surface area contributed by atoms with Gasteiger partial charge in [-0.15, -0.1) is 36.2 Å². The summed E-state index contributed by atoms with van der Waals surface area (Å²) in [5.41, 5.74) is 7.48. The van der Waals surface area contributed by atoms with Gasteiger partial charge in [0.1, 0.15) is 10.7 Å². The molecule has 1 saturated heterocycles. The minimum Gasteiger partial charge on any atom is -0.337 e. The molecule has 0 bridgehead atoms. The molecule has 8 heteroatoms. The van der Waals surface area contributed by atoms with Crippen LogP contribution in [-0.2, 0) is 13.1 Å². The first kappa shape index (κ1) is 23.9. The number of aromatic nitrogens is 1. The maximum Gasteiger partial charge on any atom is 0.273 e. The summed E-state index contributed by atoms with van der Waals surface area (Å²) in [5.74, 6) is 0.556. The van der Waals surface area contributed by atoms with E-state index < -0.39 is 0 Å². The van der Waals surface area contributed by atoms with Crippen LogP contribution in [0.25, 0.3) is 0 Å². The van der Waals surface area contributed by atoms with Crippen LogP contribution in [0.4, 0.5) is 0 Å². The van der Waals surface area contributed by atoms with Gasteiger partial charge in [-0.25, -0.2) is 4.98 Å². The molecule has 1 amide bonds. The van der Waals surface area contributed by atoms with Crippen LogP contribution in [0.3, 0.4) is 0 Å². The fourth-order valence-electron chi connectivity index (χ4n) is 3.38. The summed E-state index contributed by atoms with van der Waals surface area (Å²) >= 11 is 1.46. The topological polar surface area (TPSA) is 62.5 Å². The molecule has 2 heterocycles. The Kier molecular flexibility index (Phi) is 10.3. The number of nitrogens with zero attached hydrogens (tertiary/aromatic N) is 3. The molecule has 2 N–H and O–H groups in total. The number of likely N-dealkylation sites (tertiary alicyclic amines) is 1. The molecule has 1 fully saturated rings. The second-order valence-electron chi connectivity index (χ2n) is 6.55. The van der Waals surface area contributed by atoms with Gasteiger partial charge in [0.25, 0.3) is 5.91 Å². The molecule has 5 nitrogen and oxygen atoms in total. The third-order valence-corrected chi connectivity index (χ3v) is 5.58. The van der Waals surface area contributed by atoms with Crippen molar-refractivity contribution in [3.05, 3.63) is 52.0 Å². The van der Waals surface area contributed by atoms with Gasteiger partial charge in [-0.2, -0.15) is 0 Å². The molecule has 1 aromatic heterocycles. The van der Waals surface area contributed by atoms with Crippen molar-refractivity contribution < 1.29 is 4.79 Å². The van der Waals surface area contributed by atoms with Crippen molar-refractivity contribution in [3.8, 4) is 0 Å². The van der Waals surface area contributed by atoms with Crippen LogP contribution >= 0.6 is 36.2 Å². The van der Waals surface area contributed by atoms with Crippen LogP contribution < -0.4 is 5.73 Å². The van der Waals surface area contributed by atoms with Crippen molar-refractivity contribution in [1.82, 2.24) is 14.8 Å². The molecule has 0 spiro atoms. The maximum atomic E-state index is 12.7. The molecular formula is C19H28Cl2N4OS. The number of thiazole rings is 1. The van der Waals surface area contributed by atoms with Crippen molar-refractivity contribution in [2.45, 2.75) is 26.4 Å². The van der Waals surface area contributed by atoms with Gasteiger partial charge in [-0.1, -0.05) is 30.3 Å². The van der Waals surface area contributed by atoms with Crippen LogP contribution in [0.5, 0.6) is 0 Å². The van der Waals surface area contributed by atoms with Gasteiger partial charge in [0.15, 0.2) is 0 Å². The zero-order valence-electron chi connectivity index (χ0n) is 15.5. The summed E-state index contributed by atoms with van der Waals surface area (Å²) < 4.78 is 0. The first-order valence-corrected chi connectivity index (χ1v) is 9.77. The molecule has 150 valence electrons. The van der Waals surface area contributed by atoms with E-state index in [0.717, 1.165) is 37.6 Å². The number of amides is 1. The summed E-state index contributed by atoms with van der Waals surface area (Å²) in [6.45, 7) is 7.07. The summed E-state index contributed by atoms with van der Waals surface area (Å²) in [7, 11) is 0. The summed E-state index contributed by atoms with van der Waals surface area (Å²) in [6.07, 6.45) is 1.14. The van der Waals surface area contributed by atoms with Crippen LogP contribution in [0.1, 0.15) is 34.4 Å². The third-order valence-electron chi connectivity index (χ3n) is 4.71. The lowest BCUT2D eigenvalue weighted by atomic mass is 10.1. The van der Waals surface area contributed by atoms with Gasteiger partial charge in [-0.3, -0.25) is 9.69 Å². The van der Waals surface area contributed by atoms with Crippen LogP contribution in [0.2, 0.25) is 0 Å². The van der Waals surface area contributed by atoms with Gasteiger partial charge in [0.05, 0.1) is 0 Å². The predicted octanol–water partition coefficient (Wildman–Crippen LogP) is 3.43. The molecule has 1 aliphatic heterocycles. The Hall–Kier alpha value is -1.18. The fourth-order valence-corrected chi connectivity index (χ4v) is 4.03. The van der Waals surface area contributed by atoms with E-state index in [9.17, 15) is 4.79 Å². The van der Waals surface area contributed by atoms with E-state index in [1.54, 1.807) is 0 Å². The van der Waals surface area contributed by atoms with Crippen molar-refractivity contribution in [2.24, 2.45) is 11.7 Å². The highest BCUT2D eigenvalue weighted by Crippen LogP contribution is 2.21. The highest BCUT2D eigenvalue weighted by atomic mass is 35.5. The molecule has 3 rings (SSSR count). The van der Waals surface area contributed by atoms with E-state index in [-0.39, 0.29) is 30.7 Å². The zero-order chi connectivity index (χ0) is 17.6. The molecule has 2 aromatic rings. The van der Waals surface area contributed by atoms with Crippen molar-refractivity contribution in [1.29, 1.82) is 0 Å². The molecule has 0 saturated carbocycles. The SMILES string of the molecule is CCN(CC1CCN(Cc2ccccc2)C1)C(=O)c1csc(CN)n1.Cl.Cl. The van der Waals surface area contributed by atoms with Gasteiger partial charge < -0.3 is 10.6 Å². The van der Waals surface area contributed by atoms with Crippen LogP contribution in [-0.4, -0.2) is 46.9 Å². The third kappa shape index (κ3) is 6.43. The molecule has 1 atom stereocenters. The maximum absolute atomic E-state index is 12.7. The molecule has 0 aliphatic carbocycles. The number of halogens is 2. The Bertz CT molecular complexity index is 698. The van der Waals surface area contributed by atoms with Crippen molar-refractivity contribution in [3.63, 3.8) is 0 Å². The summed E-state index contributed by atoms with van der Waals surface area (Å²) in [6, 6.07) is 10.6. The number of rotatable bonds is 7. The second kappa shape index (κ2) is 11.6. The number of hydrogen-bond acceptors (Lipinski definition) is 5. The lowest BCUT2D eigenvalue weighted by Crippen LogP contribution is -2.36. The van der Waals surface area contributed by atoms with E-state index in [0.29, 0.717) is 24.7 Å². The highest BCUT2D eigenvalue weighted by Gasteiger charge is 2.27. The summed E-state index contributed by atoms with van der Waals surface area (Å²) in [4.78, 5) is 21.4. The van der Waals surface area contributed by atoms with Crippen molar-refractivity contribution in [2.75, 3.05) is 26.2 Å². The number of hydrogen-bond donors (Lipinski definition) is 1. The number of nitrogens with two attached hydrogens (primary N) is 1. The van der Waals surface area contributed by atoms with Crippen molar-refractivity contribution >= 4 is 42.1 Å². The monoisotopic (exact) mass is 430 g/mol. The van der Waals surface area contributed by atoms with Gasteiger partial charge in [0, 0.05) is 38.1 Å². The number of carbonyl (C=O) groups is 1. The second-order valence-corrected chi connectivity index (χ2v) is 7.49. The molecule has 0 radical (unpaired) electrons. The van der Waals surface area contributed by atoms with E-state index in [1.165, 1.54) is 16.9 Å². The molecule has 27 heavy (non-hydrogen) atoms. The normalized spacial score (nSPS) is 16.4.